The van der Waals surface area contributed by atoms with E-state index in [2.05, 4.69) is 39.9 Å². The van der Waals surface area contributed by atoms with Crippen LogP contribution >= 0.6 is 11.8 Å². The molecule has 4 rings (SSSR count). The van der Waals surface area contributed by atoms with E-state index in [4.69, 9.17) is 4.74 Å². The molecule has 1 N–H and O–H groups in total. The van der Waals surface area contributed by atoms with Crippen molar-refractivity contribution in [1.82, 2.24) is 24.8 Å². The van der Waals surface area contributed by atoms with Crippen LogP contribution < -0.4 is 10.2 Å². The molecule has 3 aromatic heterocycles. The Morgan fingerprint density at radius 1 is 1.23 bits per heavy atom. The summed E-state index contributed by atoms with van der Waals surface area (Å²) in [5, 5.41) is 3.58. The summed E-state index contributed by atoms with van der Waals surface area (Å²) in [6.07, 6.45) is 8.39. The minimum atomic E-state index is -1.14. The standard InChI is InChI=1S/C24H30N6O3SSi/c1-35(2,3)12-10-33-17-30-8-6-19-22(27-16-28-23(19)30)29-9-11-34-21(15-29)20(31)14-26-24(32)18-5-4-7-25-13-18/h4-8,13,15-16H,9-12,14,17H2,1-3H3,(H,26,32). The second-order valence-corrected chi connectivity index (χ2v) is 16.2. The van der Waals surface area contributed by atoms with Crippen molar-refractivity contribution in [3.8, 4) is 0 Å². The average Bonchev–Trinajstić information content (AvgIpc) is 3.28. The number of nitrogens with zero attached hydrogens (tertiary/aromatic N) is 5. The summed E-state index contributed by atoms with van der Waals surface area (Å²) in [5.74, 6) is 1.02. The number of fused-ring (bicyclic) bond motifs is 1. The van der Waals surface area contributed by atoms with Crippen LogP contribution in [0.1, 0.15) is 10.4 Å². The zero-order chi connectivity index (χ0) is 24.8. The van der Waals surface area contributed by atoms with Gasteiger partial charge in [0.05, 0.1) is 22.4 Å². The van der Waals surface area contributed by atoms with Crippen LogP contribution in [-0.2, 0) is 16.3 Å². The molecule has 35 heavy (non-hydrogen) atoms. The molecule has 0 saturated carbocycles. The first-order chi connectivity index (χ1) is 16.8. The Balaban J connectivity index is 1.43. The molecule has 184 valence electrons. The van der Waals surface area contributed by atoms with Gasteiger partial charge < -0.3 is 19.5 Å². The molecule has 0 saturated heterocycles. The fraction of sp³-hybridized carbons (Fsp3) is 0.375. The molecule has 9 nitrogen and oxygen atoms in total. The Morgan fingerprint density at radius 3 is 2.86 bits per heavy atom. The third-order valence-electron chi connectivity index (χ3n) is 5.50. The van der Waals surface area contributed by atoms with Crippen molar-refractivity contribution in [2.45, 2.75) is 32.4 Å². The van der Waals surface area contributed by atoms with Gasteiger partial charge in [0.2, 0.25) is 0 Å². The van der Waals surface area contributed by atoms with E-state index >= 15 is 0 Å². The van der Waals surface area contributed by atoms with Gasteiger partial charge >= 0.3 is 0 Å². The van der Waals surface area contributed by atoms with E-state index in [0.29, 0.717) is 23.7 Å². The first-order valence-electron chi connectivity index (χ1n) is 11.5. The number of anilines is 1. The van der Waals surface area contributed by atoms with Crippen molar-refractivity contribution in [3.63, 3.8) is 0 Å². The summed E-state index contributed by atoms with van der Waals surface area (Å²) in [7, 11) is -1.14. The normalized spacial score (nSPS) is 14.1. The van der Waals surface area contributed by atoms with Crippen LogP contribution in [0.15, 0.2) is 54.2 Å². The number of nitrogens with one attached hydrogen (secondary N) is 1. The Morgan fingerprint density at radius 2 is 2.09 bits per heavy atom. The molecule has 1 amide bonds. The number of rotatable bonds is 10. The molecular weight excluding hydrogens is 480 g/mol. The van der Waals surface area contributed by atoms with Gasteiger partial charge in [-0.15, -0.1) is 11.8 Å². The van der Waals surface area contributed by atoms with Gasteiger partial charge in [-0.1, -0.05) is 19.6 Å². The van der Waals surface area contributed by atoms with Gasteiger partial charge in [-0.2, -0.15) is 0 Å². The van der Waals surface area contributed by atoms with Crippen LogP contribution in [0.5, 0.6) is 0 Å². The first-order valence-corrected chi connectivity index (χ1v) is 16.2. The van der Waals surface area contributed by atoms with Gasteiger partial charge in [0.25, 0.3) is 5.91 Å². The van der Waals surface area contributed by atoms with Crippen LogP contribution in [0.4, 0.5) is 5.82 Å². The number of amides is 1. The third kappa shape index (κ3) is 6.56. The van der Waals surface area contributed by atoms with Crippen LogP contribution in [0.25, 0.3) is 11.0 Å². The second-order valence-electron chi connectivity index (χ2n) is 9.45. The van der Waals surface area contributed by atoms with E-state index in [9.17, 15) is 9.59 Å². The smallest absolute Gasteiger partial charge is 0.253 e. The lowest BCUT2D eigenvalue weighted by molar-refractivity contribution is -0.114. The fourth-order valence-corrected chi connectivity index (χ4v) is 5.23. The molecule has 0 spiro atoms. The summed E-state index contributed by atoms with van der Waals surface area (Å²) in [6.45, 7) is 8.81. The number of thioether (sulfide) groups is 1. The van der Waals surface area contributed by atoms with Crippen molar-refractivity contribution in [3.05, 3.63) is 59.8 Å². The number of ketones is 1. The Bertz CT molecular complexity index is 1220. The second kappa shape index (κ2) is 11.1. The maximum Gasteiger partial charge on any atom is 0.253 e. The predicted molar refractivity (Wildman–Crippen MR) is 141 cm³/mol. The zero-order valence-electron chi connectivity index (χ0n) is 20.2. The fourth-order valence-electron chi connectivity index (χ4n) is 3.53. The highest BCUT2D eigenvalue weighted by Gasteiger charge is 2.22. The summed E-state index contributed by atoms with van der Waals surface area (Å²) in [6, 6.07) is 6.44. The van der Waals surface area contributed by atoms with E-state index < -0.39 is 8.07 Å². The maximum absolute atomic E-state index is 12.8. The van der Waals surface area contributed by atoms with E-state index in [1.807, 2.05) is 27.9 Å². The van der Waals surface area contributed by atoms with Gasteiger partial charge in [0.1, 0.15) is 24.5 Å². The summed E-state index contributed by atoms with van der Waals surface area (Å²) in [5.41, 5.74) is 1.22. The zero-order valence-corrected chi connectivity index (χ0v) is 22.0. The number of Topliss-reactive ketones (excluding diaryl/α,β-unsaturated/α-hetero) is 1. The van der Waals surface area contributed by atoms with E-state index in [0.717, 1.165) is 35.3 Å². The summed E-state index contributed by atoms with van der Waals surface area (Å²) >= 11 is 1.48. The highest BCUT2D eigenvalue weighted by atomic mass is 32.2. The number of carbonyl (C=O) groups is 2. The number of carbonyl (C=O) groups excluding carboxylic acids is 2. The topological polar surface area (TPSA) is 102 Å². The first kappa shape index (κ1) is 25.1. The minimum absolute atomic E-state index is 0.0786. The number of hydrogen-bond acceptors (Lipinski definition) is 8. The van der Waals surface area contributed by atoms with Gasteiger partial charge in [-0.25, -0.2) is 9.97 Å². The molecule has 0 aromatic carbocycles. The van der Waals surface area contributed by atoms with Crippen LogP contribution in [0.3, 0.4) is 0 Å². The quantitative estimate of drug-likeness (QED) is 0.326. The monoisotopic (exact) mass is 510 g/mol. The molecule has 0 fully saturated rings. The molecule has 0 atom stereocenters. The molecule has 0 aliphatic carbocycles. The highest BCUT2D eigenvalue weighted by Crippen LogP contribution is 2.30. The lowest BCUT2D eigenvalue weighted by Crippen LogP contribution is -2.32. The van der Waals surface area contributed by atoms with E-state index in [1.165, 1.54) is 18.0 Å². The molecule has 1 aliphatic heterocycles. The Kier molecular flexibility index (Phi) is 7.99. The van der Waals surface area contributed by atoms with E-state index in [-0.39, 0.29) is 18.2 Å². The van der Waals surface area contributed by atoms with E-state index in [1.54, 1.807) is 24.7 Å². The number of pyridine rings is 1. The lowest BCUT2D eigenvalue weighted by atomic mass is 10.2. The average molecular weight is 511 g/mol. The number of aromatic nitrogens is 4. The molecule has 3 aromatic rings. The third-order valence-corrected chi connectivity index (χ3v) is 8.24. The SMILES string of the molecule is C[Si](C)(C)CCOCn1ccc2c(N3C=C(C(=O)CNC(=O)c4cccnc4)SCC3)ncnc21. The maximum atomic E-state index is 12.8. The van der Waals surface area contributed by atoms with Crippen molar-refractivity contribution in [1.29, 1.82) is 0 Å². The Hall–Kier alpha value is -3.02. The van der Waals surface area contributed by atoms with Gasteiger partial charge in [0, 0.05) is 51.8 Å². The molecule has 0 radical (unpaired) electrons. The highest BCUT2D eigenvalue weighted by molar-refractivity contribution is 8.04. The van der Waals surface area contributed by atoms with Crippen molar-refractivity contribution in [2.75, 3.05) is 30.3 Å². The number of ether oxygens (including phenoxy) is 1. The van der Waals surface area contributed by atoms with Crippen LogP contribution in [-0.4, -0.2) is 64.7 Å². The molecule has 4 heterocycles. The Labute approximate surface area is 210 Å². The van der Waals surface area contributed by atoms with Crippen molar-refractivity contribution in [2.24, 2.45) is 0 Å². The molecule has 0 bridgehead atoms. The molecule has 1 aliphatic rings. The summed E-state index contributed by atoms with van der Waals surface area (Å²) < 4.78 is 7.88. The van der Waals surface area contributed by atoms with Gasteiger partial charge in [-0.3, -0.25) is 14.6 Å². The lowest BCUT2D eigenvalue weighted by Gasteiger charge is -2.25. The largest absolute Gasteiger partial charge is 0.361 e. The number of hydrogen-bond donors (Lipinski definition) is 1. The minimum Gasteiger partial charge on any atom is -0.361 e. The summed E-state index contributed by atoms with van der Waals surface area (Å²) in [4.78, 5) is 40.5. The van der Waals surface area contributed by atoms with Crippen LogP contribution in [0.2, 0.25) is 25.7 Å². The van der Waals surface area contributed by atoms with Gasteiger partial charge in [-0.05, 0) is 24.2 Å². The van der Waals surface area contributed by atoms with Gasteiger partial charge in [0.15, 0.2) is 5.78 Å². The van der Waals surface area contributed by atoms with Crippen molar-refractivity contribution < 1.29 is 14.3 Å². The molecule has 11 heteroatoms. The van der Waals surface area contributed by atoms with Crippen molar-refractivity contribution >= 4 is 48.4 Å². The molecular formula is C24H30N6O3SSi. The molecule has 0 unspecified atom stereocenters. The van der Waals surface area contributed by atoms with Crippen LogP contribution in [0, 0.1) is 0 Å². The predicted octanol–water partition coefficient (Wildman–Crippen LogP) is 3.53.